The fourth-order valence-corrected chi connectivity index (χ4v) is 3.28. The van der Waals surface area contributed by atoms with Crippen molar-refractivity contribution in [3.05, 3.63) is 72.1 Å². The third-order valence-corrected chi connectivity index (χ3v) is 4.91. The minimum Gasteiger partial charge on any atom is -0.318 e. The summed E-state index contributed by atoms with van der Waals surface area (Å²) in [6.07, 6.45) is 3.71. The molecule has 0 spiro atoms. The van der Waals surface area contributed by atoms with Crippen LogP contribution < -0.4 is 5.32 Å². The van der Waals surface area contributed by atoms with Crippen LogP contribution in [0.4, 0.5) is 10.1 Å². The number of aryl methyl sites for hydroxylation is 1. The number of hydrogen-bond acceptors (Lipinski definition) is 5. The maximum Gasteiger partial charge on any atom is 0.285 e. The zero-order valence-corrected chi connectivity index (χ0v) is 13.9. The lowest BCUT2D eigenvalue weighted by molar-refractivity contribution is 0.102. The molecule has 9 heteroatoms. The first-order valence-electron chi connectivity index (χ1n) is 7.17. The first-order chi connectivity index (χ1) is 11.9. The SMILES string of the molecule is Cc1ccc(S(=O)(=O)n2cc(NC(=O)c3ccccn3)cn2)c(F)c1. The number of carbonyl (C=O) groups excluding carboxylic acids is 1. The average molecular weight is 360 g/mol. The summed E-state index contributed by atoms with van der Waals surface area (Å²) in [6, 6.07) is 8.61. The summed E-state index contributed by atoms with van der Waals surface area (Å²) in [5.74, 6) is -1.38. The van der Waals surface area contributed by atoms with Crippen LogP contribution in [0.2, 0.25) is 0 Å². The molecular formula is C16H13FN4O3S. The molecule has 0 aliphatic rings. The first kappa shape index (κ1) is 16.8. The molecule has 0 saturated carbocycles. The van der Waals surface area contributed by atoms with E-state index in [1.54, 1.807) is 19.1 Å². The van der Waals surface area contributed by atoms with Crippen LogP contribution in [0.15, 0.2) is 59.9 Å². The number of nitrogens with zero attached hydrogens (tertiary/aromatic N) is 3. The molecule has 3 rings (SSSR count). The fourth-order valence-electron chi connectivity index (χ4n) is 2.11. The van der Waals surface area contributed by atoms with Crippen LogP contribution >= 0.6 is 0 Å². The van der Waals surface area contributed by atoms with Crippen molar-refractivity contribution in [3.8, 4) is 0 Å². The third kappa shape index (κ3) is 3.41. The molecule has 0 unspecified atom stereocenters. The van der Waals surface area contributed by atoms with Gasteiger partial charge in [0.15, 0.2) is 0 Å². The number of amides is 1. The smallest absolute Gasteiger partial charge is 0.285 e. The number of carbonyl (C=O) groups is 1. The lowest BCUT2D eigenvalue weighted by Crippen LogP contribution is -2.15. The van der Waals surface area contributed by atoms with Gasteiger partial charge in [-0.3, -0.25) is 9.78 Å². The highest BCUT2D eigenvalue weighted by molar-refractivity contribution is 7.89. The molecule has 0 saturated heterocycles. The van der Waals surface area contributed by atoms with Crippen LogP contribution in [0.1, 0.15) is 16.1 Å². The number of rotatable bonds is 4. The molecule has 0 radical (unpaired) electrons. The molecular weight excluding hydrogens is 347 g/mol. The lowest BCUT2D eigenvalue weighted by atomic mass is 10.2. The van der Waals surface area contributed by atoms with Gasteiger partial charge < -0.3 is 5.32 Å². The molecule has 0 aliphatic carbocycles. The molecule has 1 aromatic carbocycles. The van der Waals surface area contributed by atoms with Gasteiger partial charge in [-0.2, -0.15) is 17.6 Å². The van der Waals surface area contributed by atoms with Crippen LogP contribution in [0.25, 0.3) is 0 Å². The third-order valence-electron chi connectivity index (χ3n) is 3.33. The lowest BCUT2D eigenvalue weighted by Gasteiger charge is -2.06. The summed E-state index contributed by atoms with van der Waals surface area (Å²) in [4.78, 5) is 15.4. The predicted octanol–water partition coefficient (Wildman–Crippen LogP) is 2.21. The van der Waals surface area contributed by atoms with Gasteiger partial charge in [-0.25, -0.2) is 4.39 Å². The van der Waals surface area contributed by atoms with E-state index in [4.69, 9.17) is 0 Å². The van der Waals surface area contributed by atoms with Crippen molar-refractivity contribution < 1.29 is 17.6 Å². The molecule has 7 nitrogen and oxygen atoms in total. The van der Waals surface area contributed by atoms with Gasteiger partial charge in [-0.1, -0.05) is 12.1 Å². The second-order valence-corrected chi connectivity index (χ2v) is 6.97. The maximum atomic E-state index is 14.0. The van der Waals surface area contributed by atoms with E-state index >= 15 is 0 Å². The molecule has 25 heavy (non-hydrogen) atoms. The van der Waals surface area contributed by atoms with Gasteiger partial charge in [-0.15, -0.1) is 0 Å². The zero-order chi connectivity index (χ0) is 18.0. The van der Waals surface area contributed by atoms with E-state index in [-0.39, 0.29) is 11.4 Å². The summed E-state index contributed by atoms with van der Waals surface area (Å²) in [6.45, 7) is 1.65. The summed E-state index contributed by atoms with van der Waals surface area (Å²) in [7, 11) is -4.20. The van der Waals surface area contributed by atoms with Gasteiger partial charge in [0.25, 0.3) is 15.9 Å². The van der Waals surface area contributed by atoms with Gasteiger partial charge in [-0.05, 0) is 36.8 Å². The Labute approximate surface area is 143 Å². The standard InChI is InChI=1S/C16H13FN4O3S/c1-11-5-6-15(13(17)8-11)25(23,24)21-10-12(9-19-21)20-16(22)14-4-2-3-7-18-14/h2-10H,1H3,(H,20,22). The molecule has 2 aromatic heterocycles. The van der Waals surface area contributed by atoms with Gasteiger partial charge in [0, 0.05) is 6.20 Å². The molecule has 0 atom stereocenters. The average Bonchev–Trinajstić information content (AvgIpc) is 3.04. The molecule has 3 aromatic rings. The van der Waals surface area contributed by atoms with Crippen LogP contribution in [0.3, 0.4) is 0 Å². The van der Waals surface area contributed by atoms with Gasteiger partial charge >= 0.3 is 0 Å². The van der Waals surface area contributed by atoms with Crippen molar-refractivity contribution in [1.82, 2.24) is 14.2 Å². The van der Waals surface area contributed by atoms with Crippen molar-refractivity contribution in [2.75, 3.05) is 5.32 Å². The Bertz CT molecular complexity index is 1030. The Morgan fingerprint density at radius 2 is 2.04 bits per heavy atom. The van der Waals surface area contributed by atoms with Crippen LogP contribution in [-0.4, -0.2) is 28.5 Å². The summed E-state index contributed by atoms with van der Waals surface area (Å²) in [5.41, 5.74) is 0.912. The van der Waals surface area contributed by atoms with Crippen molar-refractivity contribution in [1.29, 1.82) is 0 Å². The van der Waals surface area contributed by atoms with E-state index in [1.807, 2.05) is 0 Å². The highest BCUT2D eigenvalue weighted by Crippen LogP contribution is 2.20. The Morgan fingerprint density at radius 3 is 2.72 bits per heavy atom. The van der Waals surface area contributed by atoms with E-state index in [2.05, 4.69) is 15.4 Å². The zero-order valence-electron chi connectivity index (χ0n) is 13.0. The summed E-state index contributed by atoms with van der Waals surface area (Å²) >= 11 is 0. The summed E-state index contributed by atoms with van der Waals surface area (Å²) in [5, 5.41) is 6.18. The first-order valence-corrected chi connectivity index (χ1v) is 8.61. The molecule has 0 fully saturated rings. The largest absolute Gasteiger partial charge is 0.318 e. The van der Waals surface area contributed by atoms with E-state index in [1.165, 1.54) is 24.4 Å². The minimum atomic E-state index is -4.20. The van der Waals surface area contributed by atoms with Gasteiger partial charge in [0.2, 0.25) is 0 Å². The van der Waals surface area contributed by atoms with Crippen LogP contribution in [0, 0.1) is 12.7 Å². The number of nitrogens with one attached hydrogen (secondary N) is 1. The van der Waals surface area contributed by atoms with Crippen molar-refractivity contribution in [2.45, 2.75) is 11.8 Å². The predicted molar refractivity (Wildman–Crippen MR) is 88.1 cm³/mol. The topological polar surface area (TPSA) is 94.0 Å². The molecule has 2 heterocycles. The highest BCUT2D eigenvalue weighted by atomic mass is 32.2. The molecule has 0 bridgehead atoms. The van der Waals surface area contributed by atoms with E-state index < -0.39 is 26.6 Å². The van der Waals surface area contributed by atoms with E-state index in [0.717, 1.165) is 18.5 Å². The minimum absolute atomic E-state index is 0.145. The molecule has 0 aliphatic heterocycles. The van der Waals surface area contributed by atoms with E-state index in [9.17, 15) is 17.6 Å². The second kappa shape index (κ2) is 6.44. The number of anilines is 1. The monoisotopic (exact) mass is 360 g/mol. The van der Waals surface area contributed by atoms with E-state index in [0.29, 0.717) is 9.65 Å². The number of aromatic nitrogens is 3. The van der Waals surface area contributed by atoms with Crippen molar-refractivity contribution in [3.63, 3.8) is 0 Å². The summed E-state index contributed by atoms with van der Waals surface area (Å²) < 4.78 is 39.5. The van der Waals surface area contributed by atoms with Crippen LogP contribution in [0.5, 0.6) is 0 Å². The Balaban J connectivity index is 1.87. The fraction of sp³-hybridized carbons (Fsp3) is 0.0625. The Hall–Kier alpha value is -3.07. The van der Waals surface area contributed by atoms with Crippen molar-refractivity contribution >= 4 is 21.6 Å². The maximum absolute atomic E-state index is 14.0. The second-order valence-electron chi connectivity index (χ2n) is 5.21. The quantitative estimate of drug-likeness (QED) is 0.770. The van der Waals surface area contributed by atoms with Crippen molar-refractivity contribution in [2.24, 2.45) is 0 Å². The highest BCUT2D eigenvalue weighted by Gasteiger charge is 2.23. The number of benzene rings is 1. The van der Waals surface area contributed by atoms with Gasteiger partial charge in [0.05, 0.1) is 18.1 Å². The number of pyridine rings is 1. The normalized spacial score (nSPS) is 11.3. The Kier molecular flexibility index (Phi) is 4.32. The Morgan fingerprint density at radius 1 is 1.24 bits per heavy atom. The number of hydrogen-bond donors (Lipinski definition) is 1. The molecule has 128 valence electrons. The number of halogens is 1. The molecule has 1 amide bonds. The molecule has 1 N–H and O–H groups in total. The van der Waals surface area contributed by atoms with Gasteiger partial charge in [0.1, 0.15) is 16.4 Å². The van der Waals surface area contributed by atoms with Crippen LogP contribution in [-0.2, 0) is 10.0 Å².